The van der Waals surface area contributed by atoms with Gasteiger partial charge in [0.1, 0.15) is 11.7 Å². The van der Waals surface area contributed by atoms with E-state index in [4.69, 9.17) is 9.47 Å². The van der Waals surface area contributed by atoms with Gasteiger partial charge in [-0.2, -0.15) is 0 Å². The summed E-state index contributed by atoms with van der Waals surface area (Å²) in [5, 5.41) is 3.29. The maximum absolute atomic E-state index is 14.1. The van der Waals surface area contributed by atoms with Crippen molar-refractivity contribution in [3.8, 4) is 0 Å². The second-order valence-corrected chi connectivity index (χ2v) is 22.9. The molecule has 5 fully saturated rings. The van der Waals surface area contributed by atoms with Gasteiger partial charge in [-0.15, -0.1) is 0 Å². The van der Waals surface area contributed by atoms with Crippen LogP contribution in [0.2, 0.25) is 0 Å². The zero-order valence-corrected chi connectivity index (χ0v) is 37.7. The first-order chi connectivity index (χ1) is 26.8. The molecule has 1 aromatic heterocycles. The van der Waals surface area contributed by atoms with Crippen LogP contribution in [0.3, 0.4) is 0 Å². The lowest BCUT2D eigenvalue weighted by molar-refractivity contribution is -0.232. The highest BCUT2D eigenvalue weighted by atomic mass is 16.6. The zero-order chi connectivity index (χ0) is 42.5. The van der Waals surface area contributed by atoms with Crippen LogP contribution in [0.5, 0.6) is 0 Å². The van der Waals surface area contributed by atoms with Crippen LogP contribution in [-0.2, 0) is 34.2 Å². The Balaban J connectivity index is 1.11. The molecule has 0 spiro atoms. The molecule has 0 aromatic carbocycles. The van der Waals surface area contributed by atoms with Crippen molar-refractivity contribution < 1.29 is 28.7 Å². The number of esters is 2. The second-order valence-electron chi connectivity index (χ2n) is 22.9. The van der Waals surface area contributed by atoms with E-state index in [2.05, 4.69) is 64.8 Å². The van der Waals surface area contributed by atoms with Gasteiger partial charge in [0, 0.05) is 23.4 Å². The van der Waals surface area contributed by atoms with Crippen LogP contribution in [0.25, 0.3) is 0 Å². The summed E-state index contributed by atoms with van der Waals surface area (Å²) < 4.78 is 12.0. The molecule has 6 aliphatic rings. The number of allylic oxidation sites excluding steroid dienone is 3. The Hall–Kier alpha value is -3.29. The van der Waals surface area contributed by atoms with Gasteiger partial charge in [0.2, 0.25) is 5.91 Å². The SMILES string of the molecule is CC(C)C1=C2[C@H]3CC[C@@H]4[C@@]5(C)CC[C@H](OC(=O)CC(C)(C)C(=O)OC(C)(C)C)C(C)(C)[C@@H]5CC[C@@]4(C)[C@]3(C)CC[C@@]2(/C=C/C(=O)NC2(c3ccccn3)CC2)CC1=O. The highest BCUT2D eigenvalue weighted by Crippen LogP contribution is 2.77. The minimum Gasteiger partial charge on any atom is -0.462 e. The monoisotopic (exact) mass is 797 g/mol. The van der Waals surface area contributed by atoms with Gasteiger partial charge < -0.3 is 14.8 Å². The van der Waals surface area contributed by atoms with E-state index in [0.29, 0.717) is 18.3 Å². The van der Waals surface area contributed by atoms with Crippen LogP contribution in [0.4, 0.5) is 0 Å². The number of nitrogens with zero attached hydrogens (tertiary/aromatic N) is 1. The Kier molecular flexibility index (Phi) is 10.4. The first-order valence-corrected chi connectivity index (χ1v) is 22.5. The highest BCUT2D eigenvalue weighted by Gasteiger charge is 2.70. The number of fused-ring (bicyclic) bond motifs is 7. The molecule has 8 atom stereocenters. The predicted molar refractivity (Wildman–Crippen MR) is 226 cm³/mol. The number of carbonyl (C=O) groups excluding carboxylic acids is 4. The number of amides is 1. The molecule has 58 heavy (non-hydrogen) atoms. The van der Waals surface area contributed by atoms with Gasteiger partial charge in [0.25, 0.3) is 0 Å². The number of hydrogen-bond donors (Lipinski definition) is 1. The molecular formula is C50H72N2O6. The Labute approximate surface area is 348 Å². The van der Waals surface area contributed by atoms with Gasteiger partial charge in [-0.3, -0.25) is 24.2 Å². The normalized spacial score (nSPS) is 36.4. The van der Waals surface area contributed by atoms with Crippen LogP contribution in [0, 0.1) is 56.2 Å². The summed E-state index contributed by atoms with van der Waals surface area (Å²) in [4.78, 5) is 58.8. The first-order valence-electron chi connectivity index (χ1n) is 22.5. The van der Waals surface area contributed by atoms with Crippen molar-refractivity contribution in [2.45, 2.75) is 177 Å². The van der Waals surface area contributed by atoms with E-state index in [-0.39, 0.29) is 69.6 Å². The fourth-order valence-electron chi connectivity index (χ4n) is 13.8. The summed E-state index contributed by atoms with van der Waals surface area (Å²) in [6.45, 7) is 25.7. The molecular weight excluding hydrogens is 725 g/mol. The van der Waals surface area contributed by atoms with Crippen LogP contribution in [0.1, 0.15) is 166 Å². The maximum atomic E-state index is 14.1. The lowest BCUT2D eigenvalue weighted by Gasteiger charge is -2.72. The van der Waals surface area contributed by atoms with E-state index in [1.165, 1.54) is 5.57 Å². The molecule has 0 unspecified atom stereocenters. The number of pyridine rings is 1. The first kappa shape index (κ1) is 42.8. The Morgan fingerprint density at radius 3 is 2.21 bits per heavy atom. The average molecular weight is 797 g/mol. The molecule has 7 rings (SSSR count). The number of nitrogens with one attached hydrogen (secondary N) is 1. The lowest BCUT2D eigenvalue weighted by Crippen LogP contribution is -2.65. The van der Waals surface area contributed by atoms with E-state index in [1.54, 1.807) is 26.1 Å². The second kappa shape index (κ2) is 14.1. The topological polar surface area (TPSA) is 112 Å². The van der Waals surface area contributed by atoms with E-state index >= 15 is 0 Å². The van der Waals surface area contributed by atoms with Crippen molar-refractivity contribution in [2.75, 3.05) is 0 Å². The molecule has 6 aliphatic carbocycles. The smallest absolute Gasteiger partial charge is 0.312 e. The molecule has 0 aliphatic heterocycles. The quantitative estimate of drug-likeness (QED) is 0.196. The molecule has 8 nitrogen and oxygen atoms in total. The van der Waals surface area contributed by atoms with Crippen molar-refractivity contribution in [1.82, 2.24) is 10.3 Å². The minimum absolute atomic E-state index is 0.00133. The largest absolute Gasteiger partial charge is 0.462 e. The number of Topliss-reactive ketones (excluding diaryl/α,β-unsaturated/α-hetero) is 1. The molecule has 1 aromatic rings. The fraction of sp³-hybridized carbons (Fsp3) is 0.740. The average Bonchev–Trinajstić information content (AvgIpc) is 3.83. The standard InChI is InChI=1S/C50H72N2O6/c1-31(2)40-33(53)29-49(23-20-38(54)52-50(26-27-50)36-15-13-14-28-51-36)25-24-47(11)32(41(40)49)16-17-35-46(10)21-19-37(45(8,9)34(46)18-22-48(35,47)12)57-39(55)30-44(6,7)42(56)58-43(3,4)5/h13-15,20,23,28,31-32,34-35,37H,16-19,21-22,24-27,29-30H2,1-12H3,(H,52,54)/b23-20+/t32-,34+,35-,37+,46+,47-,48-,49+/m1/s1. The Morgan fingerprint density at radius 2 is 1.59 bits per heavy atom. The number of carbonyl (C=O) groups is 4. The number of rotatable bonds is 9. The van der Waals surface area contributed by atoms with Crippen molar-refractivity contribution in [3.05, 3.63) is 53.4 Å². The van der Waals surface area contributed by atoms with Gasteiger partial charge >= 0.3 is 11.9 Å². The number of hydrogen-bond acceptors (Lipinski definition) is 7. The van der Waals surface area contributed by atoms with E-state index in [9.17, 15) is 19.2 Å². The van der Waals surface area contributed by atoms with E-state index < -0.39 is 22.0 Å². The van der Waals surface area contributed by atoms with Crippen LogP contribution >= 0.6 is 0 Å². The molecule has 1 N–H and O–H groups in total. The van der Waals surface area contributed by atoms with Gasteiger partial charge in [0.15, 0.2) is 5.78 Å². The third-order valence-electron chi connectivity index (χ3n) is 17.1. The van der Waals surface area contributed by atoms with Gasteiger partial charge in [-0.25, -0.2) is 0 Å². The van der Waals surface area contributed by atoms with Crippen molar-refractivity contribution >= 4 is 23.6 Å². The van der Waals surface area contributed by atoms with Crippen molar-refractivity contribution in [1.29, 1.82) is 0 Å². The van der Waals surface area contributed by atoms with Crippen LogP contribution in [-0.4, -0.2) is 40.3 Å². The van der Waals surface area contributed by atoms with E-state index in [0.717, 1.165) is 75.5 Å². The summed E-state index contributed by atoms with van der Waals surface area (Å²) in [5.41, 5.74) is 0.754. The molecule has 0 saturated heterocycles. The zero-order valence-electron chi connectivity index (χ0n) is 37.7. The lowest BCUT2D eigenvalue weighted by atomic mass is 9.33. The molecule has 1 heterocycles. The van der Waals surface area contributed by atoms with Gasteiger partial charge in [-0.05, 0) is 168 Å². The summed E-state index contributed by atoms with van der Waals surface area (Å²) in [6.07, 6.45) is 15.7. The fourth-order valence-corrected chi connectivity index (χ4v) is 13.8. The third-order valence-corrected chi connectivity index (χ3v) is 17.1. The molecule has 5 saturated carbocycles. The summed E-state index contributed by atoms with van der Waals surface area (Å²) >= 11 is 0. The van der Waals surface area contributed by atoms with E-state index in [1.807, 2.05) is 39.0 Å². The molecule has 0 bridgehead atoms. The minimum atomic E-state index is -0.980. The summed E-state index contributed by atoms with van der Waals surface area (Å²) in [5.74, 6) is 0.729. The summed E-state index contributed by atoms with van der Waals surface area (Å²) in [6, 6.07) is 5.87. The van der Waals surface area contributed by atoms with Crippen LogP contribution in [0.15, 0.2) is 47.7 Å². The third kappa shape index (κ3) is 6.92. The predicted octanol–water partition coefficient (Wildman–Crippen LogP) is 10.4. The molecule has 318 valence electrons. The number of ketones is 1. The molecule has 0 radical (unpaired) electrons. The highest BCUT2D eigenvalue weighted by molar-refractivity contribution is 6.01. The van der Waals surface area contributed by atoms with Crippen molar-refractivity contribution in [3.63, 3.8) is 0 Å². The molecule has 1 amide bonds. The Bertz CT molecular complexity index is 1900. The van der Waals surface area contributed by atoms with Crippen LogP contribution < -0.4 is 5.32 Å². The Morgan fingerprint density at radius 1 is 0.879 bits per heavy atom. The number of aromatic nitrogens is 1. The van der Waals surface area contributed by atoms with Gasteiger partial charge in [0.05, 0.1) is 23.1 Å². The maximum Gasteiger partial charge on any atom is 0.312 e. The number of ether oxygens (including phenoxy) is 2. The van der Waals surface area contributed by atoms with Gasteiger partial charge in [-0.1, -0.05) is 60.6 Å². The summed E-state index contributed by atoms with van der Waals surface area (Å²) in [7, 11) is 0. The van der Waals surface area contributed by atoms with Crippen molar-refractivity contribution in [2.24, 2.45) is 56.2 Å². The molecule has 8 heteroatoms.